The lowest BCUT2D eigenvalue weighted by Crippen LogP contribution is -2.40. The molecule has 2 fully saturated rings. The summed E-state index contributed by atoms with van der Waals surface area (Å²) in [6.07, 6.45) is 5.11. The Morgan fingerprint density at radius 3 is 2.35 bits per heavy atom. The number of thiophene rings is 1. The number of hydrogen-bond donors (Lipinski definition) is 1. The molecule has 1 unspecified atom stereocenters. The maximum absolute atomic E-state index is 13.2. The van der Waals surface area contributed by atoms with Crippen LogP contribution in [0.1, 0.15) is 68.0 Å². The number of benzene rings is 1. The maximum Gasteiger partial charge on any atom is 0.295 e. The summed E-state index contributed by atoms with van der Waals surface area (Å²) in [6, 6.07) is 8.52. The Kier molecular flexibility index (Phi) is 6.19. The lowest BCUT2D eigenvalue weighted by molar-refractivity contribution is -0.141. The van der Waals surface area contributed by atoms with E-state index in [4.69, 9.17) is 4.74 Å². The standard InChI is InChI=1S/C25H29NO4S/c1-15(2)30-19-11-9-17(10-12-19)22(27)20-21(24-16(3)13-14-31-24)26(25(29)23(20)28)18-7-5-4-6-8-18/h9-15,18,21,27H,4-8H2,1-3H3/b22-20-. The molecule has 2 aliphatic rings. The van der Waals surface area contributed by atoms with Crippen LogP contribution in [0.5, 0.6) is 5.75 Å². The molecule has 5 nitrogen and oxygen atoms in total. The van der Waals surface area contributed by atoms with Crippen LogP contribution in [0.25, 0.3) is 5.76 Å². The first-order chi connectivity index (χ1) is 14.9. The molecule has 1 aliphatic carbocycles. The number of nitrogens with zero attached hydrogens (tertiary/aromatic N) is 1. The van der Waals surface area contributed by atoms with E-state index < -0.39 is 17.7 Å². The minimum atomic E-state index is -0.594. The molecule has 1 saturated heterocycles. The zero-order valence-corrected chi connectivity index (χ0v) is 19.1. The number of carbonyl (C=O) groups is 2. The highest BCUT2D eigenvalue weighted by Gasteiger charge is 2.49. The van der Waals surface area contributed by atoms with Crippen molar-refractivity contribution in [3.8, 4) is 5.75 Å². The number of aliphatic hydroxyl groups is 1. The predicted octanol–water partition coefficient (Wildman–Crippen LogP) is 5.60. The average molecular weight is 440 g/mol. The number of aryl methyl sites for hydroxylation is 1. The number of ketones is 1. The van der Waals surface area contributed by atoms with E-state index in [1.54, 1.807) is 29.2 Å². The van der Waals surface area contributed by atoms with Crippen molar-refractivity contribution in [1.82, 2.24) is 4.90 Å². The van der Waals surface area contributed by atoms with E-state index in [0.29, 0.717) is 11.3 Å². The van der Waals surface area contributed by atoms with Crippen molar-refractivity contribution < 1.29 is 19.4 Å². The van der Waals surface area contributed by atoms with Gasteiger partial charge in [0.1, 0.15) is 17.6 Å². The highest BCUT2D eigenvalue weighted by Crippen LogP contribution is 2.45. The number of rotatable bonds is 5. The molecular formula is C25H29NO4S. The zero-order chi connectivity index (χ0) is 22.1. The molecule has 31 heavy (non-hydrogen) atoms. The summed E-state index contributed by atoms with van der Waals surface area (Å²) in [7, 11) is 0. The Hall–Kier alpha value is -2.60. The number of likely N-dealkylation sites (tertiary alicyclic amines) is 1. The third-order valence-corrected chi connectivity index (χ3v) is 7.17. The maximum atomic E-state index is 13.2. The first-order valence-electron chi connectivity index (χ1n) is 11.0. The lowest BCUT2D eigenvalue weighted by Gasteiger charge is -2.35. The fourth-order valence-electron chi connectivity index (χ4n) is 4.63. The number of Topliss-reactive ketones (excluding diaryl/α,β-unsaturated/α-hetero) is 1. The molecule has 164 valence electrons. The second-order valence-corrected chi connectivity index (χ2v) is 9.60. The fourth-order valence-corrected chi connectivity index (χ4v) is 5.66. The fraction of sp³-hybridized carbons (Fsp3) is 0.440. The van der Waals surface area contributed by atoms with Crippen LogP contribution >= 0.6 is 11.3 Å². The number of carbonyl (C=O) groups excluding carboxylic acids is 2. The normalized spacial score (nSPS) is 21.8. The van der Waals surface area contributed by atoms with Gasteiger partial charge in [-0.05, 0) is 74.9 Å². The van der Waals surface area contributed by atoms with Crippen molar-refractivity contribution in [2.45, 2.75) is 71.1 Å². The molecule has 1 atom stereocenters. The van der Waals surface area contributed by atoms with Crippen molar-refractivity contribution in [2.24, 2.45) is 0 Å². The smallest absolute Gasteiger partial charge is 0.295 e. The molecule has 1 N–H and O–H groups in total. The van der Waals surface area contributed by atoms with Crippen molar-refractivity contribution >= 4 is 28.8 Å². The SMILES string of the molecule is Cc1ccsc1C1/C(=C(/O)c2ccc(OC(C)C)cc2)C(=O)C(=O)N1C1CCCCC1. The average Bonchev–Trinajstić information content (AvgIpc) is 3.29. The highest BCUT2D eigenvalue weighted by molar-refractivity contribution is 7.10. The van der Waals surface area contributed by atoms with E-state index >= 15 is 0 Å². The molecular weight excluding hydrogens is 410 g/mol. The summed E-state index contributed by atoms with van der Waals surface area (Å²) in [5, 5.41) is 13.2. The zero-order valence-electron chi connectivity index (χ0n) is 18.3. The van der Waals surface area contributed by atoms with Crippen LogP contribution in [-0.4, -0.2) is 33.8 Å². The highest BCUT2D eigenvalue weighted by atomic mass is 32.1. The van der Waals surface area contributed by atoms with E-state index in [9.17, 15) is 14.7 Å². The molecule has 1 saturated carbocycles. The summed E-state index contributed by atoms with van der Waals surface area (Å²) in [4.78, 5) is 29.0. The second-order valence-electron chi connectivity index (χ2n) is 8.66. The molecule has 0 spiro atoms. The molecule has 4 rings (SSSR count). The number of amides is 1. The summed E-state index contributed by atoms with van der Waals surface area (Å²) in [6.45, 7) is 5.89. The lowest BCUT2D eigenvalue weighted by atomic mass is 9.92. The van der Waals surface area contributed by atoms with Gasteiger partial charge in [-0.25, -0.2) is 0 Å². The van der Waals surface area contributed by atoms with Crippen LogP contribution in [0.15, 0.2) is 41.3 Å². The largest absolute Gasteiger partial charge is 0.507 e. The quantitative estimate of drug-likeness (QED) is 0.374. The number of ether oxygens (including phenoxy) is 1. The van der Waals surface area contributed by atoms with Crippen LogP contribution in [0.2, 0.25) is 0 Å². The minimum Gasteiger partial charge on any atom is -0.507 e. The van der Waals surface area contributed by atoms with Gasteiger partial charge in [0.2, 0.25) is 0 Å². The van der Waals surface area contributed by atoms with Crippen LogP contribution < -0.4 is 4.74 Å². The van der Waals surface area contributed by atoms with E-state index in [1.807, 2.05) is 32.2 Å². The van der Waals surface area contributed by atoms with Gasteiger partial charge in [0.05, 0.1) is 11.7 Å². The van der Waals surface area contributed by atoms with Crippen LogP contribution in [0.3, 0.4) is 0 Å². The Morgan fingerprint density at radius 2 is 1.77 bits per heavy atom. The predicted molar refractivity (Wildman–Crippen MR) is 122 cm³/mol. The Balaban J connectivity index is 1.79. The summed E-state index contributed by atoms with van der Waals surface area (Å²) >= 11 is 1.53. The van der Waals surface area contributed by atoms with Crippen molar-refractivity contribution in [3.63, 3.8) is 0 Å². The van der Waals surface area contributed by atoms with Crippen molar-refractivity contribution in [3.05, 3.63) is 57.3 Å². The van der Waals surface area contributed by atoms with Crippen molar-refractivity contribution in [1.29, 1.82) is 0 Å². The molecule has 0 bridgehead atoms. The summed E-state index contributed by atoms with van der Waals surface area (Å²) in [5.74, 6) is -0.514. The van der Waals surface area contributed by atoms with Gasteiger partial charge in [0.15, 0.2) is 0 Å². The molecule has 6 heteroatoms. The first-order valence-corrected chi connectivity index (χ1v) is 11.9. The van der Waals surface area contributed by atoms with Gasteiger partial charge in [0, 0.05) is 16.5 Å². The van der Waals surface area contributed by atoms with E-state index in [2.05, 4.69) is 0 Å². The Bertz CT molecular complexity index is 999. The molecule has 1 amide bonds. The monoisotopic (exact) mass is 439 g/mol. The molecule has 2 heterocycles. The van der Waals surface area contributed by atoms with Gasteiger partial charge in [0.25, 0.3) is 11.7 Å². The Morgan fingerprint density at radius 1 is 1.10 bits per heavy atom. The van der Waals surface area contributed by atoms with Gasteiger partial charge < -0.3 is 14.7 Å². The van der Waals surface area contributed by atoms with Crippen molar-refractivity contribution in [2.75, 3.05) is 0 Å². The van der Waals surface area contributed by atoms with Gasteiger partial charge in [-0.3, -0.25) is 9.59 Å². The van der Waals surface area contributed by atoms with Crippen LogP contribution in [0, 0.1) is 6.92 Å². The molecule has 1 aliphatic heterocycles. The van der Waals surface area contributed by atoms with Gasteiger partial charge in [-0.2, -0.15) is 0 Å². The molecule has 1 aromatic carbocycles. The van der Waals surface area contributed by atoms with Gasteiger partial charge >= 0.3 is 0 Å². The van der Waals surface area contributed by atoms with Gasteiger partial charge in [-0.1, -0.05) is 19.3 Å². The van der Waals surface area contributed by atoms with Crippen LogP contribution in [-0.2, 0) is 9.59 Å². The van der Waals surface area contributed by atoms with E-state index in [-0.39, 0.29) is 23.5 Å². The minimum absolute atomic E-state index is 0.0313. The summed E-state index contributed by atoms with van der Waals surface area (Å²) < 4.78 is 5.68. The topological polar surface area (TPSA) is 66.8 Å². The van der Waals surface area contributed by atoms with E-state index in [1.165, 1.54) is 11.3 Å². The summed E-state index contributed by atoms with van der Waals surface area (Å²) in [5.41, 5.74) is 1.74. The molecule has 0 radical (unpaired) electrons. The van der Waals surface area contributed by atoms with Gasteiger partial charge in [-0.15, -0.1) is 11.3 Å². The Labute approximate surface area is 187 Å². The number of hydrogen-bond acceptors (Lipinski definition) is 5. The third kappa shape index (κ3) is 4.13. The second kappa shape index (κ2) is 8.87. The van der Waals surface area contributed by atoms with Crippen LogP contribution in [0.4, 0.5) is 0 Å². The van der Waals surface area contributed by atoms with E-state index in [0.717, 1.165) is 42.5 Å². The first kappa shape index (κ1) is 21.6. The molecule has 1 aromatic heterocycles. The molecule has 2 aromatic rings. The third-order valence-electron chi connectivity index (χ3n) is 6.10. The number of aliphatic hydroxyl groups excluding tert-OH is 1.